The molecule has 0 N–H and O–H groups in total. The van der Waals surface area contributed by atoms with E-state index in [9.17, 15) is 20.1 Å². The monoisotopic (exact) mass is 458 g/mol. The molecule has 0 amide bonds. The Kier molecular flexibility index (Phi) is 7.61. The number of rotatable bonds is 8. The summed E-state index contributed by atoms with van der Waals surface area (Å²) < 4.78 is 10.7. The first-order valence-electron chi connectivity index (χ1n) is 10.4. The molecular weight excluding hydrogens is 436 g/mol. The van der Waals surface area contributed by atoms with Crippen LogP contribution < -0.4 is 4.74 Å². The third-order valence-corrected chi connectivity index (χ3v) is 6.32. The maximum absolute atomic E-state index is 13.0. The Morgan fingerprint density at radius 3 is 2.42 bits per heavy atom. The molecule has 2 aromatic carbocycles. The molecule has 0 bridgehead atoms. The molecule has 7 heteroatoms. The predicted molar refractivity (Wildman–Crippen MR) is 127 cm³/mol. The number of hydrogen-bond acceptors (Lipinski definition) is 7. The number of carbonyl (C=O) groups is 2. The van der Waals surface area contributed by atoms with Crippen LogP contribution in [0.15, 0.2) is 42.0 Å². The molecule has 3 rings (SSSR count). The Morgan fingerprint density at radius 2 is 1.79 bits per heavy atom. The number of thiophene rings is 1. The van der Waals surface area contributed by atoms with E-state index < -0.39 is 11.8 Å². The zero-order valence-corrected chi connectivity index (χ0v) is 19.4. The molecule has 3 aromatic rings. The summed E-state index contributed by atoms with van der Waals surface area (Å²) in [7, 11) is 0. The number of ketones is 1. The van der Waals surface area contributed by atoms with E-state index in [2.05, 4.69) is 6.07 Å². The van der Waals surface area contributed by atoms with Gasteiger partial charge in [0.2, 0.25) is 0 Å². The third-order valence-electron chi connectivity index (χ3n) is 5.05. The van der Waals surface area contributed by atoms with E-state index in [1.54, 1.807) is 19.9 Å². The number of hydrogen-bond donors (Lipinski definition) is 0. The summed E-state index contributed by atoms with van der Waals surface area (Å²) in [6.45, 7) is 6.00. The first-order chi connectivity index (χ1) is 15.9. The maximum atomic E-state index is 13.0. The largest absolute Gasteiger partial charge is 0.493 e. The number of ether oxygens (including phenoxy) is 2. The molecule has 0 aliphatic rings. The fourth-order valence-corrected chi connectivity index (χ4v) is 4.66. The van der Waals surface area contributed by atoms with Crippen molar-refractivity contribution in [2.75, 3.05) is 13.2 Å². The van der Waals surface area contributed by atoms with Gasteiger partial charge in [-0.05, 0) is 49.4 Å². The Bertz CT molecular complexity index is 1340. The van der Waals surface area contributed by atoms with Gasteiger partial charge in [-0.25, -0.2) is 4.79 Å². The van der Waals surface area contributed by atoms with E-state index >= 15 is 0 Å². The lowest BCUT2D eigenvalue weighted by Crippen LogP contribution is -2.05. The van der Waals surface area contributed by atoms with Crippen molar-refractivity contribution in [3.05, 3.63) is 68.4 Å². The van der Waals surface area contributed by atoms with Crippen LogP contribution in [-0.2, 0) is 16.0 Å². The fourth-order valence-electron chi connectivity index (χ4n) is 3.51. The lowest BCUT2D eigenvalue weighted by atomic mass is 9.99. The Balaban J connectivity index is 1.98. The van der Waals surface area contributed by atoms with Gasteiger partial charge in [-0.1, -0.05) is 30.3 Å². The molecule has 1 heterocycles. The van der Waals surface area contributed by atoms with E-state index in [4.69, 9.17) is 9.47 Å². The Morgan fingerprint density at radius 1 is 1.06 bits per heavy atom. The molecule has 33 heavy (non-hydrogen) atoms. The van der Waals surface area contributed by atoms with Gasteiger partial charge in [0, 0.05) is 16.7 Å². The lowest BCUT2D eigenvalue weighted by Gasteiger charge is -2.10. The van der Waals surface area contributed by atoms with Crippen LogP contribution in [0.25, 0.3) is 16.8 Å². The summed E-state index contributed by atoms with van der Waals surface area (Å²) in [6, 6.07) is 15.3. The van der Waals surface area contributed by atoms with Crippen LogP contribution in [0.3, 0.4) is 0 Å². The van der Waals surface area contributed by atoms with Gasteiger partial charge in [-0.2, -0.15) is 10.5 Å². The highest BCUT2D eigenvalue weighted by Gasteiger charge is 2.23. The van der Waals surface area contributed by atoms with Crippen LogP contribution in [-0.4, -0.2) is 25.0 Å². The Hall–Kier alpha value is -3.94. The van der Waals surface area contributed by atoms with Gasteiger partial charge in [0.25, 0.3) is 0 Å². The van der Waals surface area contributed by atoms with Crippen molar-refractivity contribution < 1.29 is 19.1 Å². The van der Waals surface area contributed by atoms with Crippen molar-refractivity contribution in [1.82, 2.24) is 0 Å². The Labute approximate surface area is 196 Å². The van der Waals surface area contributed by atoms with Crippen molar-refractivity contribution in [2.45, 2.75) is 27.2 Å². The minimum atomic E-state index is -0.521. The topological polar surface area (TPSA) is 100 Å². The van der Waals surface area contributed by atoms with Crippen molar-refractivity contribution in [3.63, 3.8) is 0 Å². The van der Waals surface area contributed by atoms with Gasteiger partial charge in [0.1, 0.15) is 22.8 Å². The summed E-state index contributed by atoms with van der Waals surface area (Å²) >= 11 is 1.06. The quantitative estimate of drug-likeness (QED) is 0.255. The minimum absolute atomic E-state index is 0.0306. The zero-order chi connectivity index (χ0) is 24.0. The van der Waals surface area contributed by atoms with Gasteiger partial charge in [-0.15, -0.1) is 11.3 Å². The molecule has 1 aromatic heterocycles. The van der Waals surface area contributed by atoms with Crippen molar-refractivity contribution in [3.8, 4) is 17.9 Å². The standard InChI is InChI=1S/C26H22N2O4S/c1-4-31-23-11-10-17(19-8-6-7-9-20(19)23)12-18(14-27)22(29)13-24-21(15-28)16(3)25(33-24)26(30)32-5-2/h6-12H,4-5,13H2,1-3H3/b18-12+. The molecule has 0 aliphatic heterocycles. The van der Waals surface area contributed by atoms with Crippen molar-refractivity contribution in [2.24, 2.45) is 0 Å². The number of nitriles is 2. The van der Waals surface area contributed by atoms with Gasteiger partial charge in [0.15, 0.2) is 5.78 Å². The van der Waals surface area contributed by atoms with Crippen LogP contribution in [0, 0.1) is 29.6 Å². The molecule has 0 saturated carbocycles. The van der Waals surface area contributed by atoms with E-state index in [1.165, 1.54) is 0 Å². The molecule has 0 atom stereocenters. The number of benzene rings is 2. The zero-order valence-electron chi connectivity index (χ0n) is 18.6. The molecule has 0 saturated heterocycles. The summed E-state index contributed by atoms with van der Waals surface area (Å²) in [5, 5.41) is 21.0. The number of allylic oxidation sites excluding steroid dienone is 1. The normalized spacial score (nSPS) is 11.0. The average Bonchev–Trinajstić information content (AvgIpc) is 3.13. The molecule has 6 nitrogen and oxygen atoms in total. The van der Waals surface area contributed by atoms with Gasteiger partial charge in [0.05, 0.1) is 24.4 Å². The summed E-state index contributed by atoms with van der Waals surface area (Å²) in [6.07, 6.45) is 1.40. The first kappa shape index (κ1) is 23.7. The van der Waals surface area contributed by atoms with Crippen LogP contribution in [0.1, 0.15) is 45.1 Å². The second-order valence-corrected chi connectivity index (χ2v) is 8.19. The summed E-state index contributed by atoms with van der Waals surface area (Å²) in [5.74, 6) is -0.218. The molecule has 166 valence electrons. The number of carbonyl (C=O) groups excluding carboxylic acids is 2. The van der Waals surface area contributed by atoms with E-state index in [0.717, 1.165) is 27.9 Å². The van der Waals surface area contributed by atoms with Crippen LogP contribution in [0.4, 0.5) is 0 Å². The van der Waals surface area contributed by atoms with E-state index in [0.29, 0.717) is 27.5 Å². The highest BCUT2D eigenvalue weighted by Crippen LogP contribution is 2.32. The second kappa shape index (κ2) is 10.6. The van der Waals surface area contributed by atoms with E-state index in [1.807, 2.05) is 49.4 Å². The van der Waals surface area contributed by atoms with Crippen LogP contribution in [0.5, 0.6) is 5.75 Å². The SMILES string of the molecule is CCOC(=O)c1sc(CC(=O)/C(C#N)=C/c2ccc(OCC)c3ccccc23)c(C#N)c1C. The smallest absolute Gasteiger partial charge is 0.348 e. The maximum Gasteiger partial charge on any atom is 0.348 e. The number of Topliss-reactive ketones (excluding diaryl/α,β-unsaturated/α-hetero) is 1. The molecule has 0 unspecified atom stereocenters. The summed E-state index contributed by atoms with van der Waals surface area (Å²) in [5.41, 5.74) is 1.45. The number of fused-ring (bicyclic) bond motifs is 1. The molecule has 0 spiro atoms. The molecular formula is C26H22N2O4S. The van der Waals surface area contributed by atoms with Crippen LogP contribution >= 0.6 is 11.3 Å². The second-order valence-electron chi connectivity index (χ2n) is 7.09. The van der Waals surface area contributed by atoms with Gasteiger partial charge in [-0.3, -0.25) is 4.79 Å². The lowest BCUT2D eigenvalue weighted by molar-refractivity contribution is -0.114. The number of esters is 1. The number of nitrogens with zero attached hydrogens (tertiary/aromatic N) is 2. The van der Waals surface area contributed by atoms with Crippen molar-refractivity contribution in [1.29, 1.82) is 10.5 Å². The first-order valence-corrected chi connectivity index (χ1v) is 11.3. The molecule has 0 radical (unpaired) electrons. The van der Waals surface area contributed by atoms with E-state index in [-0.39, 0.29) is 24.2 Å². The van der Waals surface area contributed by atoms with Gasteiger partial charge >= 0.3 is 5.97 Å². The third kappa shape index (κ3) is 4.95. The fraction of sp³-hybridized carbons (Fsp3) is 0.231. The molecule has 0 aliphatic carbocycles. The van der Waals surface area contributed by atoms with Gasteiger partial charge < -0.3 is 9.47 Å². The minimum Gasteiger partial charge on any atom is -0.493 e. The van der Waals surface area contributed by atoms with Crippen molar-refractivity contribution >= 4 is 39.9 Å². The highest BCUT2D eigenvalue weighted by molar-refractivity contribution is 7.14. The average molecular weight is 459 g/mol. The summed E-state index contributed by atoms with van der Waals surface area (Å²) in [4.78, 5) is 25.9. The van der Waals surface area contributed by atoms with Crippen LogP contribution in [0.2, 0.25) is 0 Å². The predicted octanol–water partition coefficient (Wildman–Crippen LogP) is 5.38. The highest BCUT2D eigenvalue weighted by atomic mass is 32.1. The molecule has 0 fully saturated rings.